The zero-order valence-corrected chi connectivity index (χ0v) is 18.2. The minimum Gasteiger partial charge on any atom is -0.444 e. The summed E-state index contributed by atoms with van der Waals surface area (Å²) in [5, 5.41) is 11.3. The highest BCUT2D eigenvalue weighted by molar-refractivity contribution is 5.84. The minimum atomic E-state index is -4.39. The number of carbonyl (C=O) groups excluding carboxylic acids is 2. The van der Waals surface area contributed by atoms with Crippen molar-refractivity contribution in [1.82, 2.24) is 5.32 Å². The van der Waals surface area contributed by atoms with Crippen LogP contribution >= 0.6 is 0 Å². The molecule has 1 aliphatic rings. The van der Waals surface area contributed by atoms with Crippen molar-refractivity contribution >= 4 is 17.7 Å². The molecule has 172 valence electrons. The number of primary amides is 1. The molecule has 3 N–H and O–H groups in total. The van der Waals surface area contributed by atoms with Gasteiger partial charge in [0.2, 0.25) is 5.91 Å². The fraction of sp³-hybridized carbons (Fsp3) is 0.571. The van der Waals surface area contributed by atoms with Gasteiger partial charge in [0, 0.05) is 13.1 Å². The Kier molecular flexibility index (Phi) is 9.16. The number of hydrogen-bond acceptors (Lipinski definition) is 5. The summed E-state index contributed by atoms with van der Waals surface area (Å²) in [4.78, 5) is 23.9. The largest absolute Gasteiger partial charge is 0.444 e. The van der Waals surface area contributed by atoms with Gasteiger partial charge in [-0.15, -0.1) is 0 Å². The van der Waals surface area contributed by atoms with E-state index in [1.165, 1.54) is 6.07 Å². The molecule has 1 saturated heterocycles. The van der Waals surface area contributed by atoms with Crippen molar-refractivity contribution in [1.29, 1.82) is 5.26 Å². The van der Waals surface area contributed by atoms with Gasteiger partial charge in [0.1, 0.15) is 17.7 Å². The summed E-state index contributed by atoms with van der Waals surface area (Å²) in [6.45, 7) is 8.61. The summed E-state index contributed by atoms with van der Waals surface area (Å²) in [5.41, 5.74) is 4.42. The first-order valence-electron chi connectivity index (χ1n) is 9.93. The maximum atomic E-state index is 12.5. The van der Waals surface area contributed by atoms with E-state index in [1.54, 1.807) is 27.7 Å². The van der Waals surface area contributed by atoms with Crippen LogP contribution in [0.4, 0.5) is 23.7 Å². The first kappa shape index (κ1) is 26.1. The number of hydrogen-bond donors (Lipinski definition) is 2. The normalized spacial score (nSPS) is 14.7. The Morgan fingerprint density at radius 1 is 1.26 bits per heavy atom. The number of rotatable bonds is 4. The summed E-state index contributed by atoms with van der Waals surface area (Å²) >= 11 is 0. The average Bonchev–Trinajstić information content (AvgIpc) is 3.18. The van der Waals surface area contributed by atoms with Crippen LogP contribution in [-0.4, -0.2) is 36.7 Å². The summed E-state index contributed by atoms with van der Waals surface area (Å²) < 4.78 is 42.4. The van der Waals surface area contributed by atoms with Gasteiger partial charge >= 0.3 is 12.3 Å². The van der Waals surface area contributed by atoms with Gasteiger partial charge in [-0.1, -0.05) is 6.92 Å². The van der Waals surface area contributed by atoms with Crippen LogP contribution in [0.2, 0.25) is 0 Å². The quantitative estimate of drug-likeness (QED) is 0.734. The highest BCUT2D eigenvalue weighted by Gasteiger charge is 2.31. The average molecular weight is 442 g/mol. The number of halogens is 3. The third kappa shape index (κ3) is 8.74. The van der Waals surface area contributed by atoms with Crippen LogP contribution in [-0.2, 0) is 15.7 Å². The van der Waals surface area contributed by atoms with Crippen molar-refractivity contribution in [2.45, 2.75) is 64.8 Å². The lowest BCUT2D eigenvalue weighted by atomic mass is 10.1. The minimum absolute atomic E-state index is 0.0988. The van der Waals surface area contributed by atoms with E-state index in [0.717, 1.165) is 38.1 Å². The molecular formula is C21H29F3N4O3. The van der Waals surface area contributed by atoms with E-state index in [4.69, 9.17) is 15.7 Å². The standard InChI is InChI=1S/C12H11F3N2.C9H18N2O3/c13-12(14,15)10-3-4-11(9(7-10)8-16)17-5-1-2-6-17;1-5-6(7(10)12)11-8(13)14-9(2,3)4/h3-4,7H,1-2,5-6H2;6H,5H2,1-4H3,(H2,10,12)(H,11,13)/t;6-/m.0/s1. The molecule has 1 aromatic rings. The predicted octanol–water partition coefficient (Wildman–Crippen LogP) is 3.95. The van der Waals surface area contributed by atoms with Crippen molar-refractivity contribution in [3.63, 3.8) is 0 Å². The molecule has 10 heteroatoms. The van der Waals surface area contributed by atoms with Gasteiger partial charge < -0.3 is 20.7 Å². The summed E-state index contributed by atoms with van der Waals surface area (Å²) in [5.74, 6) is -0.557. The van der Waals surface area contributed by atoms with Gasteiger partial charge in [-0.3, -0.25) is 4.79 Å². The Bertz CT molecular complexity index is 808. The van der Waals surface area contributed by atoms with Crippen LogP contribution in [0.3, 0.4) is 0 Å². The lowest BCUT2D eigenvalue weighted by Gasteiger charge is -2.21. The molecule has 0 aliphatic carbocycles. The fourth-order valence-corrected chi connectivity index (χ4v) is 2.86. The second kappa shape index (κ2) is 10.9. The van der Waals surface area contributed by atoms with Gasteiger partial charge in [0.05, 0.1) is 16.8 Å². The van der Waals surface area contributed by atoms with Gasteiger partial charge in [0.15, 0.2) is 0 Å². The molecule has 2 rings (SSSR count). The first-order valence-corrected chi connectivity index (χ1v) is 9.93. The summed E-state index contributed by atoms with van der Waals surface area (Å²) in [6, 6.07) is 4.54. The number of alkyl halides is 3. The molecular weight excluding hydrogens is 413 g/mol. The molecule has 0 aromatic heterocycles. The van der Waals surface area contributed by atoms with Crippen LogP contribution in [0.25, 0.3) is 0 Å². The molecule has 0 unspecified atom stereocenters. The molecule has 1 aromatic carbocycles. The van der Waals surface area contributed by atoms with Gasteiger partial charge in [-0.25, -0.2) is 4.79 Å². The SMILES string of the molecule is CC[C@H](NC(=O)OC(C)(C)C)C(N)=O.N#Cc1cc(C(F)(F)F)ccc1N1CCCC1. The van der Waals surface area contributed by atoms with Crippen molar-refractivity contribution in [3.8, 4) is 6.07 Å². The second-order valence-corrected chi connectivity index (χ2v) is 8.05. The van der Waals surface area contributed by atoms with Crippen LogP contribution in [0.1, 0.15) is 58.1 Å². The molecule has 0 saturated carbocycles. The highest BCUT2D eigenvalue weighted by atomic mass is 19.4. The van der Waals surface area contributed by atoms with E-state index in [-0.39, 0.29) is 5.56 Å². The van der Waals surface area contributed by atoms with E-state index < -0.39 is 35.4 Å². The Balaban J connectivity index is 0.000000318. The molecule has 1 aliphatic heterocycles. The predicted molar refractivity (Wildman–Crippen MR) is 110 cm³/mol. The van der Waals surface area contributed by atoms with Gasteiger partial charge in [-0.2, -0.15) is 18.4 Å². The molecule has 1 fully saturated rings. The molecule has 2 amide bonds. The van der Waals surface area contributed by atoms with Crippen molar-refractivity contribution in [2.24, 2.45) is 5.73 Å². The Labute approximate surface area is 180 Å². The van der Waals surface area contributed by atoms with Crippen LogP contribution in [0, 0.1) is 11.3 Å². The number of anilines is 1. The third-order valence-electron chi connectivity index (χ3n) is 4.33. The number of alkyl carbamates (subject to hydrolysis) is 1. The lowest BCUT2D eigenvalue weighted by molar-refractivity contribution is -0.137. The first-order chi connectivity index (χ1) is 14.3. The zero-order valence-electron chi connectivity index (χ0n) is 18.2. The van der Waals surface area contributed by atoms with E-state index in [9.17, 15) is 22.8 Å². The van der Waals surface area contributed by atoms with E-state index in [0.29, 0.717) is 12.1 Å². The smallest absolute Gasteiger partial charge is 0.416 e. The maximum absolute atomic E-state index is 12.5. The van der Waals surface area contributed by atoms with Gasteiger partial charge in [-0.05, 0) is 58.2 Å². The number of carbonyl (C=O) groups is 2. The van der Waals surface area contributed by atoms with Crippen molar-refractivity contribution in [2.75, 3.05) is 18.0 Å². The highest BCUT2D eigenvalue weighted by Crippen LogP contribution is 2.33. The molecule has 1 atom stereocenters. The fourth-order valence-electron chi connectivity index (χ4n) is 2.86. The number of nitrogens with zero attached hydrogens (tertiary/aromatic N) is 2. The number of ether oxygens (including phenoxy) is 1. The Hall–Kier alpha value is -2.96. The van der Waals surface area contributed by atoms with Gasteiger partial charge in [0.25, 0.3) is 0 Å². The molecule has 7 nitrogen and oxygen atoms in total. The Morgan fingerprint density at radius 3 is 2.26 bits per heavy atom. The maximum Gasteiger partial charge on any atom is 0.416 e. The number of amides is 2. The van der Waals surface area contributed by atoms with Crippen LogP contribution in [0.15, 0.2) is 18.2 Å². The summed E-state index contributed by atoms with van der Waals surface area (Å²) in [7, 11) is 0. The molecule has 0 bridgehead atoms. The molecule has 0 radical (unpaired) electrons. The monoisotopic (exact) mass is 442 g/mol. The molecule has 31 heavy (non-hydrogen) atoms. The van der Waals surface area contributed by atoms with E-state index >= 15 is 0 Å². The lowest BCUT2D eigenvalue weighted by Crippen LogP contribution is -2.45. The Morgan fingerprint density at radius 2 is 1.84 bits per heavy atom. The number of nitrogens with two attached hydrogens (primary N) is 1. The van der Waals surface area contributed by atoms with E-state index in [1.807, 2.05) is 11.0 Å². The van der Waals surface area contributed by atoms with E-state index in [2.05, 4.69) is 5.32 Å². The molecule has 0 spiro atoms. The van der Waals surface area contributed by atoms with Crippen LogP contribution < -0.4 is 16.0 Å². The van der Waals surface area contributed by atoms with Crippen LogP contribution in [0.5, 0.6) is 0 Å². The molecule has 1 heterocycles. The summed E-state index contributed by atoms with van der Waals surface area (Å²) in [6.07, 6.45) is -2.52. The van der Waals surface area contributed by atoms with Crippen molar-refractivity contribution < 1.29 is 27.5 Å². The third-order valence-corrected chi connectivity index (χ3v) is 4.33. The second-order valence-electron chi connectivity index (χ2n) is 8.05. The number of nitriles is 1. The van der Waals surface area contributed by atoms with Crippen molar-refractivity contribution in [3.05, 3.63) is 29.3 Å². The topological polar surface area (TPSA) is 108 Å². The zero-order chi connectivity index (χ0) is 23.8. The number of benzene rings is 1. The number of nitrogens with one attached hydrogen (secondary N) is 1.